The molecule has 2 aromatic heterocycles. The highest BCUT2D eigenvalue weighted by molar-refractivity contribution is 7.11. The zero-order valence-corrected chi connectivity index (χ0v) is 21.7. The van der Waals surface area contributed by atoms with E-state index in [1.54, 1.807) is 11.3 Å². The van der Waals surface area contributed by atoms with Crippen molar-refractivity contribution in [2.45, 2.75) is 41.0 Å². The fraction of sp³-hybridized carbons (Fsp3) is 0.267. The van der Waals surface area contributed by atoms with Gasteiger partial charge in [0, 0.05) is 21.6 Å². The van der Waals surface area contributed by atoms with E-state index in [2.05, 4.69) is 111 Å². The van der Waals surface area contributed by atoms with Crippen LogP contribution in [0.3, 0.4) is 0 Å². The van der Waals surface area contributed by atoms with Crippen molar-refractivity contribution in [1.82, 2.24) is 0 Å². The third kappa shape index (κ3) is 7.62. The van der Waals surface area contributed by atoms with Crippen molar-refractivity contribution >= 4 is 33.8 Å². The van der Waals surface area contributed by atoms with Crippen molar-refractivity contribution in [3.05, 3.63) is 117 Å². The van der Waals surface area contributed by atoms with Crippen molar-refractivity contribution in [1.29, 1.82) is 0 Å². The van der Waals surface area contributed by atoms with Crippen LogP contribution < -0.4 is 0 Å². The minimum atomic E-state index is 0.340. The summed E-state index contributed by atoms with van der Waals surface area (Å²) in [6.07, 6.45) is 23.3. The van der Waals surface area contributed by atoms with Gasteiger partial charge in [-0.3, -0.25) is 0 Å². The molecule has 4 rings (SSSR count). The van der Waals surface area contributed by atoms with Crippen LogP contribution in [-0.4, -0.2) is 0 Å². The van der Waals surface area contributed by atoms with Crippen LogP contribution in [0, 0.1) is 18.8 Å². The van der Waals surface area contributed by atoms with Gasteiger partial charge in [-0.2, -0.15) is 0 Å². The predicted molar refractivity (Wildman–Crippen MR) is 149 cm³/mol. The second-order valence-electron chi connectivity index (χ2n) is 7.49. The maximum Gasteiger partial charge on any atom is 0.0339 e. The Balaban J connectivity index is 0.000000255. The fourth-order valence-electron chi connectivity index (χ4n) is 3.29. The molecule has 0 aromatic carbocycles. The second kappa shape index (κ2) is 13.9. The third-order valence-corrected chi connectivity index (χ3v) is 7.31. The number of aryl methyl sites for hydroxylation is 1. The average molecular weight is 461 g/mol. The predicted octanol–water partition coefficient (Wildman–Crippen LogP) is 10.1. The molecule has 0 saturated carbocycles. The van der Waals surface area contributed by atoms with Crippen molar-refractivity contribution in [3.63, 3.8) is 0 Å². The molecular formula is C30H36S2. The summed E-state index contributed by atoms with van der Waals surface area (Å²) in [5, 5.41) is 4.32. The number of rotatable bonds is 3. The summed E-state index contributed by atoms with van der Waals surface area (Å²) >= 11 is 3.61. The van der Waals surface area contributed by atoms with Gasteiger partial charge in [0.15, 0.2) is 0 Å². The third-order valence-electron chi connectivity index (χ3n) is 5.21. The molecular weight excluding hydrogens is 424 g/mol. The van der Waals surface area contributed by atoms with Gasteiger partial charge in [-0.05, 0) is 78.4 Å². The standard InChI is InChI=1S/C19H18S.C9H12S.C2H6/c1-2-15-9-11-16-6-3-4-7-18(14-17(16)12-10-15)19-8-5-13-20-19;1-4-8(3)9-5-7(2)6-10-9;1-2/h2-3,5-16H,1,4H2;4-6H,1-3H3;1-2H3/b6-3?,17-14-,18-7+;8-4+;. The van der Waals surface area contributed by atoms with Gasteiger partial charge in [-0.1, -0.05) is 74.6 Å². The lowest BCUT2D eigenvalue weighted by molar-refractivity contribution is 0.988. The van der Waals surface area contributed by atoms with E-state index in [0.29, 0.717) is 11.8 Å². The molecule has 2 heteroatoms. The van der Waals surface area contributed by atoms with Gasteiger partial charge >= 0.3 is 0 Å². The number of thiophene rings is 2. The quantitative estimate of drug-likeness (QED) is 0.400. The van der Waals surface area contributed by atoms with E-state index in [9.17, 15) is 0 Å². The van der Waals surface area contributed by atoms with Crippen LogP contribution in [0.15, 0.2) is 102 Å². The maximum atomic E-state index is 3.89. The van der Waals surface area contributed by atoms with Crippen molar-refractivity contribution in [2.75, 3.05) is 0 Å². The lowest BCUT2D eigenvalue weighted by Gasteiger charge is -2.12. The van der Waals surface area contributed by atoms with Crippen molar-refractivity contribution in [3.8, 4) is 0 Å². The number of allylic oxidation sites excluding steroid dienone is 13. The van der Waals surface area contributed by atoms with Crippen LogP contribution in [0.2, 0.25) is 0 Å². The molecule has 0 aliphatic heterocycles. The molecule has 0 bridgehead atoms. The smallest absolute Gasteiger partial charge is 0.0339 e. The van der Waals surface area contributed by atoms with Crippen LogP contribution in [0.25, 0.3) is 11.1 Å². The molecule has 0 saturated heterocycles. The highest BCUT2D eigenvalue weighted by Gasteiger charge is 2.12. The average Bonchev–Trinajstić information content (AvgIpc) is 3.46. The molecule has 0 amide bonds. The Labute approximate surface area is 203 Å². The summed E-state index contributed by atoms with van der Waals surface area (Å²) in [4.78, 5) is 2.73. The fourth-order valence-corrected chi connectivity index (χ4v) is 4.96. The second-order valence-corrected chi connectivity index (χ2v) is 9.35. The van der Waals surface area contributed by atoms with Gasteiger partial charge in [0.05, 0.1) is 0 Å². The molecule has 0 nitrogen and oxygen atoms in total. The number of fused-ring (bicyclic) bond motifs is 1. The molecule has 2 unspecified atom stereocenters. The van der Waals surface area contributed by atoms with Crippen LogP contribution in [-0.2, 0) is 0 Å². The van der Waals surface area contributed by atoms with Gasteiger partial charge in [0.2, 0.25) is 0 Å². The maximum absolute atomic E-state index is 3.89. The highest BCUT2D eigenvalue weighted by atomic mass is 32.1. The minimum Gasteiger partial charge on any atom is -0.144 e. The molecule has 0 fully saturated rings. The van der Waals surface area contributed by atoms with E-state index < -0.39 is 0 Å². The summed E-state index contributed by atoms with van der Waals surface area (Å²) in [6.45, 7) is 14.2. The van der Waals surface area contributed by atoms with Crippen LogP contribution in [0.5, 0.6) is 0 Å². The van der Waals surface area contributed by atoms with E-state index >= 15 is 0 Å². The lowest BCUT2D eigenvalue weighted by atomic mass is 9.93. The Bertz CT molecular complexity index is 1020. The molecule has 0 spiro atoms. The molecule has 2 aliphatic rings. The van der Waals surface area contributed by atoms with E-state index in [1.807, 2.05) is 31.3 Å². The zero-order valence-electron chi connectivity index (χ0n) is 20.0. The SMILES string of the molecule is C/C=C(\C)c1cc(C)cs1.C=CC1C=C/C2=C/C(c3cccs3)=C\CC=CC2C=C1.CC. The summed E-state index contributed by atoms with van der Waals surface area (Å²) in [5.74, 6) is 0.714. The lowest BCUT2D eigenvalue weighted by Crippen LogP contribution is -1.96. The summed E-state index contributed by atoms with van der Waals surface area (Å²) in [7, 11) is 0. The van der Waals surface area contributed by atoms with Gasteiger partial charge in [0.25, 0.3) is 0 Å². The summed E-state index contributed by atoms with van der Waals surface area (Å²) in [6, 6.07) is 6.53. The van der Waals surface area contributed by atoms with Crippen LogP contribution in [0.1, 0.15) is 49.4 Å². The first kappa shape index (κ1) is 25.8. The molecule has 0 radical (unpaired) electrons. The summed E-state index contributed by atoms with van der Waals surface area (Å²) < 4.78 is 0. The monoisotopic (exact) mass is 460 g/mol. The van der Waals surface area contributed by atoms with E-state index in [-0.39, 0.29) is 0 Å². The number of hydrogen-bond donors (Lipinski definition) is 0. The van der Waals surface area contributed by atoms with Gasteiger partial charge < -0.3 is 0 Å². The Morgan fingerprint density at radius 1 is 1.12 bits per heavy atom. The first-order chi connectivity index (χ1) is 15.6. The molecule has 32 heavy (non-hydrogen) atoms. The van der Waals surface area contributed by atoms with E-state index in [1.165, 1.54) is 32.0 Å². The molecule has 0 N–H and O–H groups in total. The topological polar surface area (TPSA) is 0 Å². The molecule has 2 aromatic rings. The van der Waals surface area contributed by atoms with Gasteiger partial charge in [-0.15, -0.1) is 29.3 Å². The Hall–Kier alpha value is -2.42. The highest BCUT2D eigenvalue weighted by Crippen LogP contribution is 2.30. The van der Waals surface area contributed by atoms with Crippen LogP contribution >= 0.6 is 22.7 Å². The molecule has 2 atom stereocenters. The van der Waals surface area contributed by atoms with Gasteiger partial charge in [0.1, 0.15) is 0 Å². The zero-order chi connectivity index (χ0) is 23.3. The first-order valence-corrected chi connectivity index (χ1v) is 13.2. The minimum absolute atomic E-state index is 0.340. The van der Waals surface area contributed by atoms with Crippen LogP contribution in [0.4, 0.5) is 0 Å². The van der Waals surface area contributed by atoms with Crippen molar-refractivity contribution in [2.24, 2.45) is 11.8 Å². The molecule has 2 heterocycles. The normalized spacial score (nSPS) is 22.8. The summed E-state index contributed by atoms with van der Waals surface area (Å²) in [5.41, 5.74) is 5.42. The largest absolute Gasteiger partial charge is 0.144 e. The molecule has 2 aliphatic carbocycles. The Kier molecular flexibility index (Phi) is 11.2. The van der Waals surface area contributed by atoms with Gasteiger partial charge in [-0.25, -0.2) is 0 Å². The van der Waals surface area contributed by atoms with E-state index in [4.69, 9.17) is 0 Å². The van der Waals surface area contributed by atoms with E-state index in [0.717, 1.165) is 6.42 Å². The Morgan fingerprint density at radius 3 is 2.56 bits per heavy atom. The Morgan fingerprint density at radius 2 is 1.94 bits per heavy atom. The number of hydrogen-bond acceptors (Lipinski definition) is 2. The first-order valence-electron chi connectivity index (χ1n) is 11.4. The van der Waals surface area contributed by atoms with Crippen molar-refractivity contribution < 1.29 is 0 Å². The molecule has 168 valence electrons.